The largest absolute Gasteiger partial charge is 0.306 e. The van der Waals surface area contributed by atoms with Crippen LogP contribution < -0.4 is 5.32 Å². The van der Waals surface area contributed by atoms with Crippen LogP contribution in [0, 0.1) is 11.3 Å². The van der Waals surface area contributed by atoms with E-state index < -0.39 is 0 Å². The van der Waals surface area contributed by atoms with Gasteiger partial charge >= 0.3 is 0 Å². The number of hydrogen-bond donors (Lipinski definition) is 2. The summed E-state index contributed by atoms with van der Waals surface area (Å²) in [5, 5.41) is 18.7. The lowest BCUT2D eigenvalue weighted by Gasteiger charge is -2.06. The van der Waals surface area contributed by atoms with E-state index in [1.54, 1.807) is 18.3 Å². The Morgan fingerprint density at radius 3 is 3.00 bits per heavy atom. The Labute approximate surface area is 114 Å². The first-order valence-electron chi connectivity index (χ1n) is 5.88. The molecule has 0 radical (unpaired) electrons. The molecule has 2 heterocycles. The van der Waals surface area contributed by atoms with Crippen LogP contribution in [-0.2, 0) is 0 Å². The van der Waals surface area contributed by atoms with E-state index in [1.165, 1.54) is 6.20 Å². The van der Waals surface area contributed by atoms with E-state index in [-0.39, 0.29) is 17.3 Å². The first kappa shape index (κ1) is 11.9. The molecule has 3 aromatic rings. The van der Waals surface area contributed by atoms with Crippen molar-refractivity contribution in [2.24, 2.45) is 0 Å². The molecule has 0 bridgehead atoms. The maximum absolute atomic E-state index is 12.3. The Kier molecular flexibility index (Phi) is 2.86. The van der Waals surface area contributed by atoms with Crippen molar-refractivity contribution >= 4 is 22.6 Å². The number of benzene rings is 1. The van der Waals surface area contributed by atoms with Gasteiger partial charge in [0.15, 0.2) is 0 Å². The number of nitrogens with zero attached hydrogens (tertiary/aromatic N) is 3. The highest BCUT2D eigenvalue weighted by Gasteiger charge is 2.13. The van der Waals surface area contributed by atoms with Gasteiger partial charge in [0.2, 0.25) is 0 Å². The van der Waals surface area contributed by atoms with Crippen LogP contribution in [-0.4, -0.2) is 21.1 Å². The molecule has 0 unspecified atom stereocenters. The van der Waals surface area contributed by atoms with Crippen LogP contribution in [0.3, 0.4) is 0 Å². The molecule has 2 aromatic heterocycles. The molecule has 1 amide bonds. The number of carbonyl (C=O) groups excluding carboxylic acids is 1. The van der Waals surface area contributed by atoms with Gasteiger partial charge in [-0.05, 0) is 12.1 Å². The summed E-state index contributed by atoms with van der Waals surface area (Å²) in [6, 6.07) is 11.0. The molecule has 0 atom stereocenters. The maximum Gasteiger partial charge on any atom is 0.259 e. The van der Waals surface area contributed by atoms with Crippen LogP contribution in [0.25, 0.3) is 10.9 Å². The van der Waals surface area contributed by atoms with E-state index in [0.29, 0.717) is 11.1 Å². The second-order valence-corrected chi connectivity index (χ2v) is 4.11. The van der Waals surface area contributed by atoms with Gasteiger partial charge in [-0.2, -0.15) is 10.4 Å². The number of hydrogen-bond acceptors (Lipinski definition) is 4. The molecule has 0 aliphatic carbocycles. The number of carbonyl (C=O) groups is 1. The minimum absolute atomic E-state index is 0.283. The Bertz CT molecular complexity index is 825. The fourth-order valence-electron chi connectivity index (χ4n) is 1.93. The third-order valence-corrected chi connectivity index (χ3v) is 2.88. The number of H-pyrrole nitrogens is 1. The number of rotatable bonds is 2. The van der Waals surface area contributed by atoms with E-state index in [4.69, 9.17) is 5.26 Å². The van der Waals surface area contributed by atoms with Crippen molar-refractivity contribution in [3.63, 3.8) is 0 Å². The molecule has 6 heteroatoms. The Morgan fingerprint density at radius 2 is 2.15 bits per heavy atom. The standard InChI is InChI=1S/C14H9N5O/c15-7-10-8-17-19-13(10)18-14(20)11-5-1-3-9-4-2-6-16-12(9)11/h1-6,8H,(H2,17,18,19,20). The molecular weight excluding hydrogens is 254 g/mol. The summed E-state index contributed by atoms with van der Waals surface area (Å²) < 4.78 is 0. The summed E-state index contributed by atoms with van der Waals surface area (Å²) in [5.41, 5.74) is 1.35. The van der Waals surface area contributed by atoms with E-state index in [0.717, 1.165) is 5.39 Å². The predicted octanol–water partition coefficient (Wildman–Crippen LogP) is 2.08. The van der Waals surface area contributed by atoms with Crippen molar-refractivity contribution in [2.75, 3.05) is 5.32 Å². The molecule has 0 aliphatic heterocycles. The fourth-order valence-corrected chi connectivity index (χ4v) is 1.93. The van der Waals surface area contributed by atoms with Crippen LogP contribution >= 0.6 is 0 Å². The van der Waals surface area contributed by atoms with Gasteiger partial charge in [-0.25, -0.2) is 0 Å². The minimum Gasteiger partial charge on any atom is -0.306 e. The number of para-hydroxylation sites is 1. The molecule has 96 valence electrons. The summed E-state index contributed by atoms with van der Waals surface area (Å²) >= 11 is 0. The van der Waals surface area contributed by atoms with Crippen LogP contribution in [0.4, 0.5) is 5.82 Å². The Balaban J connectivity index is 2.00. The molecule has 0 saturated heterocycles. The van der Waals surface area contributed by atoms with Gasteiger partial charge in [-0.3, -0.25) is 14.9 Å². The molecule has 2 N–H and O–H groups in total. The smallest absolute Gasteiger partial charge is 0.259 e. The van der Waals surface area contributed by atoms with Gasteiger partial charge in [0.05, 0.1) is 17.3 Å². The molecular formula is C14H9N5O. The first-order valence-corrected chi connectivity index (χ1v) is 5.88. The molecule has 6 nitrogen and oxygen atoms in total. The monoisotopic (exact) mass is 263 g/mol. The molecule has 1 aromatic carbocycles. The van der Waals surface area contributed by atoms with Crippen LogP contribution in [0.15, 0.2) is 42.7 Å². The van der Waals surface area contributed by atoms with Crippen LogP contribution in [0.1, 0.15) is 15.9 Å². The summed E-state index contributed by atoms with van der Waals surface area (Å²) in [6.45, 7) is 0. The van der Waals surface area contributed by atoms with Crippen molar-refractivity contribution in [3.8, 4) is 6.07 Å². The minimum atomic E-state index is -0.338. The topological polar surface area (TPSA) is 94.5 Å². The van der Waals surface area contributed by atoms with Crippen molar-refractivity contribution in [1.29, 1.82) is 5.26 Å². The lowest BCUT2D eigenvalue weighted by molar-refractivity contribution is 0.102. The average molecular weight is 263 g/mol. The van der Waals surface area contributed by atoms with Gasteiger partial charge in [-0.1, -0.05) is 18.2 Å². The molecule has 0 spiro atoms. The summed E-state index contributed by atoms with van der Waals surface area (Å²) in [5.74, 6) is -0.0551. The Hall–Kier alpha value is -3.20. The zero-order chi connectivity index (χ0) is 13.9. The zero-order valence-electron chi connectivity index (χ0n) is 10.3. The predicted molar refractivity (Wildman–Crippen MR) is 73.0 cm³/mol. The van der Waals surface area contributed by atoms with Gasteiger partial charge < -0.3 is 5.32 Å². The third-order valence-electron chi connectivity index (χ3n) is 2.88. The first-order chi connectivity index (χ1) is 9.79. The molecule has 0 fully saturated rings. The van der Waals surface area contributed by atoms with E-state index in [2.05, 4.69) is 20.5 Å². The number of aromatic nitrogens is 3. The zero-order valence-corrected chi connectivity index (χ0v) is 10.3. The van der Waals surface area contributed by atoms with Crippen LogP contribution in [0.2, 0.25) is 0 Å². The van der Waals surface area contributed by atoms with E-state index >= 15 is 0 Å². The number of aromatic amines is 1. The molecule has 0 saturated carbocycles. The van der Waals surface area contributed by atoms with Gasteiger partial charge in [0.25, 0.3) is 5.91 Å². The van der Waals surface area contributed by atoms with Crippen LogP contribution in [0.5, 0.6) is 0 Å². The number of pyridine rings is 1. The third kappa shape index (κ3) is 1.97. The fraction of sp³-hybridized carbons (Fsp3) is 0. The quantitative estimate of drug-likeness (QED) is 0.740. The van der Waals surface area contributed by atoms with Crippen molar-refractivity contribution in [1.82, 2.24) is 15.2 Å². The van der Waals surface area contributed by atoms with Gasteiger partial charge in [-0.15, -0.1) is 0 Å². The van der Waals surface area contributed by atoms with Gasteiger partial charge in [0, 0.05) is 11.6 Å². The highest BCUT2D eigenvalue weighted by molar-refractivity contribution is 6.11. The molecule has 3 rings (SSSR count). The number of amides is 1. The highest BCUT2D eigenvalue weighted by atomic mass is 16.1. The summed E-state index contributed by atoms with van der Waals surface area (Å²) in [7, 11) is 0. The number of nitrogens with one attached hydrogen (secondary N) is 2. The van der Waals surface area contributed by atoms with Crippen molar-refractivity contribution in [3.05, 3.63) is 53.9 Å². The summed E-state index contributed by atoms with van der Waals surface area (Å²) in [4.78, 5) is 16.5. The lowest BCUT2D eigenvalue weighted by atomic mass is 10.1. The molecule has 0 aliphatic rings. The maximum atomic E-state index is 12.3. The van der Waals surface area contributed by atoms with E-state index in [1.807, 2.05) is 24.3 Å². The lowest BCUT2D eigenvalue weighted by Crippen LogP contribution is -2.13. The van der Waals surface area contributed by atoms with Crippen molar-refractivity contribution in [2.45, 2.75) is 0 Å². The SMILES string of the molecule is N#Cc1cn[nH]c1NC(=O)c1cccc2cccnc12. The number of nitriles is 1. The highest BCUT2D eigenvalue weighted by Crippen LogP contribution is 2.18. The van der Waals surface area contributed by atoms with Crippen molar-refractivity contribution < 1.29 is 4.79 Å². The Morgan fingerprint density at radius 1 is 1.30 bits per heavy atom. The van der Waals surface area contributed by atoms with Gasteiger partial charge in [0.1, 0.15) is 17.5 Å². The number of anilines is 1. The second kappa shape index (κ2) is 4.82. The number of fused-ring (bicyclic) bond motifs is 1. The molecule has 20 heavy (non-hydrogen) atoms. The average Bonchev–Trinajstić information content (AvgIpc) is 2.93. The normalized spacial score (nSPS) is 10.2. The second-order valence-electron chi connectivity index (χ2n) is 4.11. The van der Waals surface area contributed by atoms with E-state index in [9.17, 15) is 4.79 Å². The summed E-state index contributed by atoms with van der Waals surface area (Å²) in [6.07, 6.45) is 2.99.